The first-order valence-electron chi connectivity index (χ1n) is 10.9. The number of aliphatic carboxylic acids is 1. The molecule has 1 aromatic carbocycles. The van der Waals surface area contributed by atoms with Crippen LogP contribution in [-0.4, -0.2) is 38.4 Å². The highest BCUT2D eigenvalue weighted by atomic mass is 16.4. The zero-order valence-corrected chi connectivity index (χ0v) is 18.2. The van der Waals surface area contributed by atoms with Crippen LogP contribution in [0.4, 0.5) is 0 Å². The third-order valence-corrected chi connectivity index (χ3v) is 5.71. The van der Waals surface area contributed by atoms with E-state index in [2.05, 4.69) is 16.0 Å². The molecule has 0 bridgehead atoms. The Balaban J connectivity index is 1.61. The van der Waals surface area contributed by atoms with Gasteiger partial charge in [0.1, 0.15) is 0 Å². The van der Waals surface area contributed by atoms with Crippen molar-refractivity contribution in [2.45, 2.75) is 39.2 Å². The van der Waals surface area contributed by atoms with Crippen LogP contribution in [0.1, 0.15) is 35.1 Å². The minimum Gasteiger partial charge on any atom is -0.481 e. The Morgan fingerprint density at radius 3 is 2.59 bits per heavy atom. The Labute approximate surface area is 188 Å². The van der Waals surface area contributed by atoms with E-state index in [1.807, 2.05) is 48.4 Å². The normalized spacial score (nSPS) is 13.0. The fourth-order valence-electron chi connectivity index (χ4n) is 3.91. The first-order valence-corrected chi connectivity index (χ1v) is 10.9. The minimum absolute atomic E-state index is 0.0700. The van der Waals surface area contributed by atoms with E-state index in [0.29, 0.717) is 18.7 Å². The fourth-order valence-corrected chi connectivity index (χ4v) is 3.91. The van der Waals surface area contributed by atoms with Crippen LogP contribution in [0.15, 0.2) is 61.2 Å². The van der Waals surface area contributed by atoms with E-state index in [0.717, 1.165) is 47.1 Å². The molecular formula is C26H27N3O3. The summed E-state index contributed by atoms with van der Waals surface area (Å²) in [7, 11) is 0. The molecule has 2 aromatic heterocycles. The first kappa shape index (κ1) is 21.7. The third kappa shape index (κ3) is 5.58. The summed E-state index contributed by atoms with van der Waals surface area (Å²) in [5, 5.41) is 9.13. The van der Waals surface area contributed by atoms with Crippen LogP contribution in [0, 0.1) is 12.8 Å². The smallest absolute Gasteiger partial charge is 0.307 e. The third-order valence-electron chi connectivity index (χ3n) is 5.71. The maximum absolute atomic E-state index is 13.1. The molecular weight excluding hydrogens is 402 g/mol. The van der Waals surface area contributed by atoms with Crippen molar-refractivity contribution < 1.29 is 14.7 Å². The van der Waals surface area contributed by atoms with Crippen LogP contribution in [0.25, 0.3) is 11.1 Å². The molecule has 3 aromatic rings. The number of benzene rings is 1. The number of pyridine rings is 2. The number of aryl methyl sites for hydroxylation is 1. The number of carbonyl (C=O) groups excluding carboxylic acids is 1. The molecule has 1 N–H and O–H groups in total. The molecule has 4 rings (SSSR count). The van der Waals surface area contributed by atoms with Crippen molar-refractivity contribution >= 4 is 11.9 Å². The zero-order chi connectivity index (χ0) is 22.5. The minimum atomic E-state index is -0.885. The molecule has 0 saturated heterocycles. The summed E-state index contributed by atoms with van der Waals surface area (Å²) in [5.41, 5.74) is 5.76. The van der Waals surface area contributed by atoms with Gasteiger partial charge in [0.25, 0.3) is 0 Å². The second kappa shape index (κ2) is 9.73. The summed E-state index contributed by atoms with van der Waals surface area (Å²) in [6.07, 6.45) is 9.54. The van der Waals surface area contributed by atoms with Crippen molar-refractivity contribution in [2.24, 2.45) is 5.92 Å². The summed E-state index contributed by atoms with van der Waals surface area (Å²) < 4.78 is 0. The molecule has 1 fully saturated rings. The number of carboxylic acids is 1. The Hall–Kier alpha value is -3.54. The van der Waals surface area contributed by atoms with Crippen molar-refractivity contribution in [3.8, 4) is 11.1 Å². The largest absolute Gasteiger partial charge is 0.481 e. The summed E-state index contributed by atoms with van der Waals surface area (Å²) >= 11 is 0. The van der Waals surface area contributed by atoms with Gasteiger partial charge >= 0.3 is 5.97 Å². The molecule has 6 heteroatoms. The molecule has 0 radical (unpaired) electrons. The molecule has 1 saturated carbocycles. The number of nitrogens with zero attached hydrogens (tertiary/aromatic N) is 3. The molecule has 0 atom stereocenters. The Morgan fingerprint density at radius 1 is 1.06 bits per heavy atom. The number of hydrogen-bond acceptors (Lipinski definition) is 4. The summed E-state index contributed by atoms with van der Waals surface area (Å²) in [6, 6.07) is 12.0. The van der Waals surface area contributed by atoms with Crippen LogP contribution >= 0.6 is 0 Å². The molecule has 1 amide bonds. The van der Waals surface area contributed by atoms with Gasteiger partial charge in [-0.2, -0.15) is 0 Å². The van der Waals surface area contributed by atoms with Gasteiger partial charge in [0.15, 0.2) is 0 Å². The molecule has 0 spiro atoms. The van der Waals surface area contributed by atoms with Gasteiger partial charge in [-0.25, -0.2) is 0 Å². The number of carbonyl (C=O) groups is 2. The van der Waals surface area contributed by atoms with Crippen LogP contribution in [0.2, 0.25) is 0 Å². The van der Waals surface area contributed by atoms with Crippen LogP contribution in [-0.2, 0) is 29.0 Å². The van der Waals surface area contributed by atoms with E-state index >= 15 is 0 Å². The second-order valence-corrected chi connectivity index (χ2v) is 8.46. The lowest BCUT2D eigenvalue weighted by Gasteiger charge is -2.25. The van der Waals surface area contributed by atoms with Gasteiger partial charge in [0.05, 0.1) is 6.42 Å². The number of carboxylic acid groups (broad SMARTS) is 1. The maximum Gasteiger partial charge on any atom is 0.307 e. The maximum atomic E-state index is 13.1. The summed E-state index contributed by atoms with van der Waals surface area (Å²) in [6.45, 7) is 3.18. The Bertz CT molecular complexity index is 1110. The van der Waals surface area contributed by atoms with Crippen molar-refractivity contribution in [2.75, 3.05) is 6.54 Å². The van der Waals surface area contributed by atoms with Gasteiger partial charge in [-0.3, -0.25) is 19.6 Å². The average Bonchev–Trinajstić information content (AvgIpc) is 3.62. The molecule has 32 heavy (non-hydrogen) atoms. The van der Waals surface area contributed by atoms with Gasteiger partial charge in [-0.05, 0) is 60.6 Å². The van der Waals surface area contributed by atoms with E-state index < -0.39 is 5.97 Å². The molecule has 2 heterocycles. The van der Waals surface area contributed by atoms with E-state index in [9.17, 15) is 9.59 Å². The molecule has 0 aliphatic heterocycles. The van der Waals surface area contributed by atoms with Gasteiger partial charge in [-0.1, -0.05) is 29.8 Å². The zero-order valence-electron chi connectivity index (χ0n) is 18.2. The van der Waals surface area contributed by atoms with Crippen LogP contribution < -0.4 is 0 Å². The molecule has 1 aliphatic carbocycles. The van der Waals surface area contributed by atoms with Crippen LogP contribution in [0.5, 0.6) is 0 Å². The molecule has 6 nitrogen and oxygen atoms in total. The van der Waals surface area contributed by atoms with Gasteiger partial charge in [0.2, 0.25) is 5.91 Å². The highest BCUT2D eigenvalue weighted by molar-refractivity contribution is 5.81. The molecule has 1 aliphatic rings. The van der Waals surface area contributed by atoms with Crippen molar-refractivity contribution in [1.29, 1.82) is 0 Å². The topological polar surface area (TPSA) is 83.4 Å². The number of amides is 1. The molecule has 0 unspecified atom stereocenters. The fraction of sp³-hybridized carbons (Fsp3) is 0.308. The van der Waals surface area contributed by atoms with Crippen molar-refractivity contribution in [3.63, 3.8) is 0 Å². The van der Waals surface area contributed by atoms with Gasteiger partial charge in [0, 0.05) is 49.4 Å². The number of rotatable bonds is 9. The lowest BCUT2D eigenvalue weighted by molar-refractivity contribution is -0.136. The predicted octanol–water partition coefficient (Wildman–Crippen LogP) is 4.06. The predicted molar refractivity (Wildman–Crippen MR) is 122 cm³/mol. The molecule has 164 valence electrons. The average molecular weight is 430 g/mol. The van der Waals surface area contributed by atoms with Crippen molar-refractivity contribution in [1.82, 2.24) is 14.9 Å². The highest BCUT2D eigenvalue weighted by Gasteiger charge is 2.33. The SMILES string of the molecule is Cc1ccc(-c2cncc(CC(=O)O)c2)c(CN(CCc2cccnc2)C(=O)C2CC2)c1. The Morgan fingerprint density at radius 2 is 1.88 bits per heavy atom. The van der Waals surface area contributed by atoms with Gasteiger partial charge < -0.3 is 10.0 Å². The van der Waals surface area contributed by atoms with E-state index in [4.69, 9.17) is 5.11 Å². The standard InChI is InChI=1S/C26H27N3O3/c1-18-4-7-24(22-12-20(13-25(30)31)15-28-16-22)23(11-18)17-29(26(32)21-5-6-21)10-8-19-3-2-9-27-14-19/h2-4,7,9,11-12,14-16,21H,5-6,8,10,13,17H2,1H3,(H,30,31). The number of hydrogen-bond donors (Lipinski definition) is 1. The van der Waals surface area contributed by atoms with Crippen LogP contribution in [0.3, 0.4) is 0 Å². The van der Waals surface area contributed by atoms with E-state index in [1.165, 1.54) is 0 Å². The Kier molecular flexibility index (Phi) is 6.59. The van der Waals surface area contributed by atoms with Gasteiger partial charge in [-0.15, -0.1) is 0 Å². The number of aromatic nitrogens is 2. The quantitative estimate of drug-likeness (QED) is 0.555. The summed E-state index contributed by atoms with van der Waals surface area (Å²) in [5.74, 6) is -0.540. The van der Waals surface area contributed by atoms with E-state index in [-0.39, 0.29) is 18.2 Å². The van der Waals surface area contributed by atoms with Crippen molar-refractivity contribution in [3.05, 3.63) is 83.4 Å². The highest BCUT2D eigenvalue weighted by Crippen LogP contribution is 2.33. The summed E-state index contributed by atoms with van der Waals surface area (Å²) in [4.78, 5) is 34.6. The lowest BCUT2D eigenvalue weighted by Crippen LogP contribution is -2.33. The first-order chi connectivity index (χ1) is 15.5. The monoisotopic (exact) mass is 429 g/mol. The lowest BCUT2D eigenvalue weighted by atomic mass is 9.97. The second-order valence-electron chi connectivity index (χ2n) is 8.46. The van der Waals surface area contributed by atoms with E-state index in [1.54, 1.807) is 18.6 Å².